The van der Waals surface area contributed by atoms with Gasteiger partial charge >= 0.3 is 5.97 Å². The van der Waals surface area contributed by atoms with E-state index in [1.807, 2.05) is 6.92 Å². The highest BCUT2D eigenvalue weighted by Crippen LogP contribution is 2.21. The van der Waals surface area contributed by atoms with E-state index in [1.165, 1.54) is 83.5 Å². The van der Waals surface area contributed by atoms with Crippen LogP contribution in [0.2, 0.25) is 0 Å². The maximum Gasteiger partial charge on any atom is 0.303 e. The lowest BCUT2D eigenvalue weighted by Crippen LogP contribution is -2.47. The SMILES string of the molecule is C[C@@H]1O[C@@H](OCCCCCCCCCCCCCCCCCCCC(=O)O)[C@H](O)C[C@H]1O. The van der Waals surface area contributed by atoms with Gasteiger partial charge in [0.2, 0.25) is 0 Å². The summed E-state index contributed by atoms with van der Waals surface area (Å²) in [5.41, 5.74) is 0. The van der Waals surface area contributed by atoms with Crippen molar-refractivity contribution in [3.05, 3.63) is 0 Å². The van der Waals surface area contributed by atoms with Gasteiger partial charge in [-0.25, -0.2) is 0 Å². The molecule has 0 spiro atoms. The van der Waals surface area contributed by atoms with Crippen LogP contribution in [0.25, 0.3) is 0 Å². The van der Waals surface area contributed by atoms with Crippen LogP contribution in [0.3, 0.4) is 0 Å². The Labute approximate surface area is 196 Å². The number of rotatable bonds is 21. The predicted molar refractivity (Wildman–Crippen MR) is 128 cm³/mol. The molecule has 0 aromatic heterocycles. The first kappa shape index (κ1) is 29.3. The largest absolute Gasteiger partial charge is 0.481 e. The Morgan fingerprint density at radius 1 is 0.719 bits per heavy atom. The fraction of sp³-hybridized carbons (Fsp3) is 0.962. The third-order valence-corrected chi connectivity index (χ3v) is 6.50. The number of hydrogen-bond acceptors (Lipinski definition) is 5. The van der Waals surface area contributed by atoms with Crippen molar-refractivity contribution in [1.82, 2.24) is 0 Å². The summed E-state index contributed by atoms with van der Waals surface area (Å²) in [4.78, 5) is 10.4. The number of ether oxygens (including phenoxy) is 2. The zero-order chi connectivity index (χ0) is 23.4. The summed E-state index contributed by atoms with van der Waals surface area (Å²) in [7, 11) is 0. The van der Waals surface area contributed by atoms with Crippen LogP contribution in [0.1, 0.15) is 129 Å². The van der Waals surface area contributed by atoms with E-state index in [1.54, 1.807) is 0 Å². The molecule has 4 atom stereocenters. The molecule has 0 amide bonds. The zero-order valence-corrected chi connectivity index (χ0v) is 20.5. The second-order valence-corrected chi connectivity index (χ2v) is 9.60. The molecule has 0 unspecified atom stereocenters. The lowest BCUT2D eigenvalue weighted by atomic mass is 10.0. The van der Waals surface area contributed by atoms with Crippen molar-refractivity contribution in [1.29, 1.82) is 0 Å². The van der Waals surface area contributed by atoms with Crippen LogP contribution >= 0.6 is 0 Å². The maximum absolute atomic E-state index is 10.4. The minimum Gasteiger partial charge on any atom is -0.481 e. The van der Waals surface area contributed by atoms with Gasteiger partial charge in [0.05, 0.1) is 12.2 Å². The number of carboxylic acids is 1. The number of aliphatic carboxylic acids is 1. The van der Waals surface area contributed by atoms with Crippen LogP contribution in [0, 0.1) is 0 Å². The highest BCUT2D eigenvalue weighted by atomic mass is 16.7. The molecule has 0 saturated carbocycles. The van der Waals surface area contributed by atoms with Gasteiger partial charge in [-0.3, -0.25) is 4.79 Å². The van der Waals surface area contributed by atoms with E-state index in [9.17, 15) is 15.0 Å². The van der Waals surface area contributed by atoms with E-state index < -0.39 is 24.5 Å². The Bertz CT molecular complexity index is 444. The average Bonchev–Trinajstić information content (AvgIpc) is 2.75. The molecule has 190 valence electrons. The number of aliphatic hydroxyl groups is 2. The molecule has 1 rings (SSSR count). The summed E-state index contributed by atoms with van der Waals surface area (Å²) in [5, 5.41) is 28.2. The molecule has 1 aliphatic heterocycles. The number of unbranched alkanes of at least 4 members (excludes halogenated alkanes) is 16. The second kappa shape index (κ2) is 19.7. The molecule has 32 heavy (non-hydrogen) atoms. The van der Waals surface area contributed by atoms with E-state index in [0.717, 1.165) is 25.7 Å². The molecule has 6 nitrogen and oxygen atoms in total. The Hall–Kier alpha value is -0.690. The summed E-state index contributed by atoms with van der Waals surface area (Å²) >= 11 is 0. The number of carboxylic acid groups (broad SMARTS) is 1. The number of aliphatic hydroxyl groups excluding tert-OH is 2. The lowest BCUT2D eigenvalue weighted by Gasteiger charge is -2.35. The van der Waals surface area contributed by atoms with E-state index in [0.29, 0.717) is 19.4 Å². The highest BCUT2D eigenvalue weighted by Gasteiger charge is 2.34. The van der Waals surface area contributed by atoms with Crippen LogP contribution in [0.15, 0.2) is 0 Å². The molecule has 0 aliphatic carbocycles. The molecule has 1 aliphatic rings. The van der Waals surface area contributed by atoms with E-state index >= 15 is 0 Å². The van der Waals surface area contributed by atoms with Crippen molar-refractivity contribution in [3.63, 3.8) is 0 Å². The van der Waals surface area contributed by atoms with Crippen molar-refractivity contribution in [2.45, 2.75) is 154 Å². The monoisotopic (exact) mass is 458 g/mol. The minimum absolute atomic E-state index is 0.281. The fourth-order valence-electron chi connectivity index (χ4n) is 4.32. The summed E-state index contributed by atoms with van der Waals surface area (Å²) < 4.78 is 11.2. The summed E-state index contributed by atoms with van der Waals surface area (Å²) in [5.74, 6) is -0.670. The predicted octanol–water partition coefficient (Wildman–Crippen LogP) is 5.97. The van der Waals surface area contributed by atoms with E-state index in [-0.39, 0.29) is 6.10 Å². The maximum atomic E-state index is 10.4. The average molecular weight is 459 g/mol. The third-order valence-electron chi connectivity index (χ3n) is 6.50. The standard InChI is InChI=1S/C26H50O6/c1-22-23(27)21-24(28)26(32-22)31-20-18-16-14-12-10-8-6-4-2-3-5-7-9-11-13-15-17-19-25(29)30/h22-24,26-28H,2-21H2,1H3,(H,29,30)/t22-,23+,24+,26+/m0/s1. The van der Waals surface area contributed by atoms with Crippen LogP contribution < -0.4 is 0 Å². The normalized spacial score (nSPS) is 23.5. The molecule has 0 bridgehead atoms. The molecule has 0 radical (unpaired) electrons. The summed E-state index contributed by atoms with van der Waals surface area (Å²) in [6, 6.07) is 0. The first-order valence-electron chi connectivity index (χ1n) is 13.4. The van der Waals surface area contributed by atoms with E-state index in [4.69, 9.17) is 14.6 Å². The second-order valence-electron chi connectivity index (χ2n) is 9.60. The summed E-state index contributed by atoms with van der Waals surface area (Å²) in [6.45, 7) is 2.42. The minimum atomic E-state index is -0.733. The highest BCUT2D eigenvalue weighted by molar-refractivity contribution is 5.66. The van der Waals surface area contributed by atoms with Gasteiger partial charge in [-0.2, -0.15) is 0 Å². The van der Waals surface area contributed by atoms with E-state index in [2.05, 4.69) is 0 Å². The van der Waals surface area contributed by atoms with Crippen molar-refractivity contribution in [2.24, 2.45) is 0 Å². The molecule has 1 fully saturated rings. The van der Waals surface area contributed by atoms with Crippen LogP contribution in [0.4, 0.5) is 0 Å². The van der Waals surface area contributed by atoms with Gasteiger partial charge in [0, 0.05) is 19.4 Å². The smallest absolute Gasteiger partial charge is 0.303 e. The van der Waals surface area contributed by atoms with Gasteiger partial charge in [0.1, 0.15) is 6.10 Å². The topological polar surface area (TPSA) is 96.2 Å². The van der Waals surface area contributed by atoms with Crippen molar-refractivity contribution < 1.29 is 29.6 Å². The van der Waals surface area contributed by atoms with Gasteiger partial charge in [-0.05, 0) is 19.8 Å². The van der Waals surface area contributed by atoms with Gasteiger partial charge in [0.25, 0.3) is 0 Å². The molecule has 1 heterocycles. The Kier molecular flexibility index (Phi) is 18.1. The number of carbonyl (C=O) groups is 1. The first-order chi connectivity index (χ1) is 15.5. The number of hydrogen-bond donors (Lipinski definition) is 3. The Morgan fingerprint density at radius 3 is 1.56 bits per heavy atom. The Balaban J connectivity index is 1.73. The van der Waals surface area contributed by atoms with Gasteiger partial charge in [0.15, 0.2) is 6.29 Å². The first-order valence-corrected chi connectivity index (χ1v) is 13.4. The molecular formula is C26H50O6. The van der Waals surface area contributed by atoms with Crippen molar-refractivity contribution in [3.8, 4) is 0 Å². The fourth-order valence-corrected chi connectivity index (χ4v) is 4.32. The van der Waals surface area contributed by atoms with Gasteiger partial charge < -0.3 is 24.8 Å². The Morgan fingerprint density at radius 2 is 1.12 bits per heavy atom. The lowest BCUT2D eigenvalue weighted by molar-refractivity contribution is -0.261. The third kappa shape index (κ3) is 16.0. The molecule has 0 aromatic carbocycles. The molecular weight excluding hydrogens is 408 g/mol. The van der Waals surface area contributed by atoms with Crippen molar-refractivity contribution >= 4 is 5.97 Å². The van der Waals surface area contributed by atoms with Crippen LogP contribution in [0.5, 0.6) is 0 Å². The molecule has 0 aromatic rings. The summed E-state index contributed by atoms with van der Waals surface area (Å²) in [6.07, 6.45) is 19.5. The molecule has 3 N–H and O–H groups in total. The van der Waals surface area contributed by atoms with Crippen molar-refractivity contribution in [2.75, 3.05) is 6.61 Å². The molecule has 6 heteroatoms. The molecule has 1 saturated heterocycles. The van der Waals surface area contributed by atoms with Gasteiger partial charge in [-0.15, -0.1) is 0 Å². The zero-order valence-electron chi connectivity index (χ0n) is 20.5. The quantitative estimate of drug-likeness (QED) is 0.183. The van der Waals surface area contributed by atoms with Crippen LogP contribution in [-0.2, 0) is 14.3 Å². The van der Waals surface area contributed by atoms with Gasteiger partial charge in [-0.1, -0.05) is 96.3 Å². The van der Waals surface area contributed by atoms with Crippen LogP contribution in [-0.4, -0.2) is 52.5 Å².